The first-order chi connectivity index (χ1) is 12.5. The van der Waals surface area contributed by atoms with E-state index in [9.17, 15) is 4.79 Å². The van der Waals surface area contributed by atoms with E-state index in [0.29, 0.717) is 17.8 Å². The first kappa shape index (κ1) is 19.0. The molecule has 1 fully saturated rings. The summed E-state index contributed by atoms with van der Waals surface area (Å²) < 4.78 is 1.85. The Morgan fingerprint density at radius 3 is 2.81 bits per heavy atom. The highest BCUT2D eigenvalue weighted by Crippen LogP contribution is 2.27. The Balaban J connectivity index is 2.08. The molecule has 142 valence electrons. The second-order valence-electron chi connectivity index (χ2n) is 7.58. The molecule has 2 aromatic rings. The zero-order chi connectivity index (χ0) is 18.7. The highest BCUT2D eigenvalue weighted by molar-refractivity contribution is 5.76. The smallest absolute Gasteiger partial charge is 0.262 e. The number of nitrogens with zero attached hydrogens (tertiary/aromatic N) is 5. The van der Waals surface area contributed by atoms with Crippen LogP contribution in [0.2, 0.25) is 0 Å². The van der Waals surface area contributed by atoms with Gasteiger partial charge >= 0.3 is 0 Å². The molecule has 3 rings (SSSR count). The van der Waals surface area contributed by atoms with Crippen LogP contribution in [-0.2, 0) is 6.54 Å². The van der Waals surface area contributed by atoms with E-state index >= 15 is 0 Å². The largest absolute Gasteiger partial charge is 0.305 e. The molecule has 0 aromatic carbocycles. The van der Waals surface area contributed by atoms with Crippen molar-refractivity contribution in [2.45, 2.75) is 46.2 Å². The molecular weight excluding hydrogens is 326 g/mol. The standard InChI is InChI=1S/C20H31N5O/c1-5-7-18(24-11-10-23(4)13-15(3)14-24)19-22-17-8-9-21-12-16(17)20(26)25(19)6-2/h8-9,12,15,18H,5-7,10-11,13-14H2,1-4H3/t15?,18-/m0/s1. The van der Waals surface area contributed by atoms with Crippen LogP contribution in [0.25, 0.3) is 10.9 Å². The fraction of sp³-hybridized carbons (Fsp3) is 0.650. The molecule has 0 aliphatic carbocycles. The predicted molar refractivity (Wildman–Crippen MR) is 105 cm³/mol. The van der Waals surface area contributed by atoms with Crippen molar-refractivity contribution in [3.05, 3.63) is 34.6 Å². The van der Waals surface area contributed by atoms with E-state index < -0.39 is 0 Å². The van der Waals surface area contributed by atoms with Gasteiger partial charge in [-0.05, 0) is 32.4 Å². The molecule has 1 unspecified atom stereocenters. The van der Waals surface area contributed by atoms with Crippen molar-refractivity contribution < 1.29 is 0 Å². The minimum atomic E-state index is 0.0293. The van der Waals surface area contributed by atoms with Gasteiger partial charge in [-0.25, -0.2) is 4.98 Å². The minimum absolute atomic E-state index is 0.0293. The van der Waals surface area contributed by atoms with Crippen LogP contribution in [0, 0.1) is 5.92 Å². The van der Waals surface area contributed by atoms with Crippen LogP contribution >= 0.6 is 0 Å². The van der Waals surface area contributed by atoms with E-state index in [-0.39, 0.29) is 11.6 Å². The monoisotopic (exact) mass is 357 g/mol. The fourth-order valence-electron chi connectivity index (χ4n) is 4.15. The topological polar surface area (TPSA) is 54.3 Å². The molecule has 26 heavy (non-hydrogen) atoms. The van der Waals surface area contributed by atoms with Gasteiger partial charge in [0.2, 0.25) is 0 Å². The number of likely N-dealkylation sites (N-methyl/N-ethyl adjacent to an activating group) is 1. The van der Waals surface area contributed by atoms with Crippen molar-refractivity contribution in [3.8, 4) is 0 Å². The van der Waals surface area contributed by atoms with Crippen LogP contribution in [0.3, 0.4) is 0 Å². The number of hydrogen-bond donors (Lipinski definition) is 0. The molecule has 0 radical (unpaired) electrons. The second kappa shape index (κ2) is 8.27. The summed E-state index contributed by atoms with van der Waals surface area (Å²) in [6.07, 6.45) is 5.43. The number of fused-ring (bicyclic) bond motifs is 1. The van der Waals surface area contributed by atoms with Gasteiger partial charge in [-0.1, -0.05) is 20.3 Å². The summed E-state index contributed by atoms with van der Waals surface area (Å²) >= 11 is 0. The Morgan fingerprint density at radius 1 is 1.27 bits per heavy atom. The van der Waals surface area contributed by atoms with E-state index in [4.69, 9.17) is 4.98 Å². The van der Waals surface area contributed by atoms with Crippen LogP contribution in [0.4, 0.5) is 0 Å². The molecule has 6 nitrogen and oxygen atoms in total. The molecule has 0 N–H and O–H groups in total. The van der Waals surface area contributed by atoms with Gasteiger partial charge in [0.1, 0.15) is 5.82 Å². The van der Waals surface area contributed by atoms with Gasteiger partial charge in [0.15, 0.2) is 0 Å². The highest BCUT2D eigenvalue weighted by Gasteiger charge is 2.28. The Kier molecular flexibility index (Phi) is 6.04. The molecule has 2 aromatic heterocycles. The van der Waals surface area contributed by atoms with E-state index in [2.05, 4.69) is 35.7 Å². The molecule has 1 aliphatic rings. The molecule has 2 atom stereocenters. The lowest BCUT2D eigenvalue weighted by molar-refractivity contribution is 0.167. The van der Waals surface area contributed by atoms with Crippen LogP contribution in [0.15, 0.2) is 23.3 Å². The van der Waals surface area contributed by atoms with Gasteiger partial charge in [0.05, 0.1) is 16.9 Å². The average Bonchev–Trinajstić information content (AvgIpc) is 2.79. The quantitative estimate of drug-likeness (QED) is 0.823. The van der Waals surface area contributed by atoms with Crippen molar-refractivity contribution in [3.63, 3.8) is 0 Å². The van der Waals surface area contributed by atoms with Gasteiger partial charge in [-0.15, -0.1) is 0 Å². The summed E-state index contributed by atoms with van der Waals surface area (Å²) in [5, 5.41) is 0.609. The summed E-state index contributed by atoms with van der Waals surface area (Å²) in [4.78, 5) is 27.0. The molecular formula is C20H31N5O. The lowest BCUT2D eigenvalue weighted by atomic mass is 10.1. The Hall–Kier alpha value is -1.79. The number of aromatic nitrogens is 3. The molecule has 3 heterocycles. The molecule has 6 heteroatoms. The third-order valence-corrected chi connectivity index (χ3v) is 5.34. The van der Waals surface area contributed by atoms with Crippen molar-refractivity contribution in [2.24, 2.45) is 5.92 Å². The lowest BCUT2D eigenvalue weighted by Gasteiger charge is -2.32. The fourth-order valence-corrected chi connectivity index (χ4v) is 4.15. The van der Waals surface area contributed by atoms with Crippen molar-refractivity contribution in [1.29, 1.82) is 0 Å². The maximum absolute atomic E-state index is 13.0. The van der Waals surface area contributed by atoms with E-state index in [1.165, 1.54) is 0 Å². The molecule has 0 amide bonds. The molecule has 0 bridgehead atoms. The number of rotatable bonds is 5. The average molecular weight is 358 g/mol. The maximum Gasteiger partial charge on any atom is 0.262 e. The van der Waals surface area contributed by atoms with Crippen LogP contribution < -0.4 is 5.56 Å². The predicted octanol–water partition coefficient (Wildman–Crippen LogP) is 2.54. The molecule has 1 aliphatic heterocycles. The highest BCUT2D eigenvalue weighted by atomic mass is 16.1. The second-order valence-corrected chi connectivity index (χ2v) is 7.58. The van der Waals surface area contributed by atoms with Gasteiger partial charge < -0.3 is 4.90 Å². The minimum Gasteiger partial charge on any atom is -0.305 e. The number of pyridine rings is 1. The maximum atomic E-state index is 13.0. The SMILES string of the molecule is CCC[C@@H](c1nc2ccncc2c(=O)n1CC)N1CCN(C)CC(C)C1. The van der Waals surface area contributed by atoms with Gasteiger partial charge in [0, 0.05) is 45.1 Å². The van der Waals surface area contributed by atoms with Crippen LogP contribution in [-0.4, -0.2) is 57.6 Å². The Labute approximate surface area is 155 Å². The number of hydrogen-bond acceptors (Lipinski definition) is 5. The van der Waals surface area contributed by atoms with Crippen molar-refractivity contribution >= 4 is 10.9 Å². The summed E-state index contributed by atoms with van der Waals surface area (Å²) in [6, 6.07) is 2.03. The lowest BCUT2D eigenvalue weighted by Crippen LogP contribution is -2.38. The van der Waals surface area contributed by atoms with E-state index in [1.54, 1.807) is 12.4 Å². The third-order valence-electron chi connectivity index (χ3n) is 5.34. The summed E-state index contributed by atoms with van der Waals surface area (Å²) in [6.45, 7) is 11.4. The molecule has 0 saturated carbocycles. The van der Waals surface area contributed by atoms with Gasteiger partial charge in [-0.3, -0.25) is 19.2 Å². The van der Waals surface area contributed by atoms with Gasteiger partial charge in [0.25, 0.3) is 5.56 Å². The molecule has 1 saturated heterocycles. The normalized spacial score (nSPS) is 21.0. The zero-order valence-corrected chi connectivity index (χ0v) is 16.5. The first-order valence-electron chi connectivity index (χ1n) is 9.82. The zero-order valence-electron chi connectivity index (χ0n) is 16.5. The first-order valence-corrected chi connectivity index (χ1v) is 9.82. The van der Waals surface area contributed by atoms with Crippen LogP contribution in [0.1, 0.15) is 45.5 Å². The Morgan fingerprint density at radius 2 is 2.08 bits per heavy atom. The van der Waals surface area contributed by atoms with Crippen LogP contribution in [0.5, 0.6) is 0 Å². The van der Waals surface area contributed by atoms with Gasteiger partial charge in [-0.2, -0.15) is 0 Å². The summed E-state index contributed by atoms with van der Waals surface area (Å²) in [7, 11) is 2.19. The summed E-state index contributed by atoms with van der Waals surface area (Å²) in [5.41, 5.74) is 0.785. The van der Waals surface area contributed by atoms with Crippen molar-refractivity contribution in [2.75, 3.05) is 33.2 Å². The van der Waals surface area contributed by atoms with E-state index in [1.807, 2.05) is 17.6 Å². The third kappa shape index (κ3) is 3.81. The Bertz CT molecular complexity index is 802. The molecule has 0 spiro atoms. The summed E-state index contributed by atoms with van der Waals surface area (Å²) in [5.74, 6) is 1.52. The van der Waals surface area contributed by atoms with E-state index in [0.717, 1.165) is 50.4 Å². The van der Waals surface area contributed by atoms with Crippen molar-refractivity contribution in [1.82, 2.24) is 24.3 Å².